The van der Waals surface area contributed by atoms with E-state index >= 15 is 0 Å². The number of ether oxygens (including phenoxy) is 2. The molecule has 2 aromatic rings. The number of hydrazone groups is 1. The molecule has 1 atom stereocenters. The van der Waals surface area contributed by atoms with Gasteiger partial charge in [0.1, 0.15) is 5.75 Å². The molecule has 0 saturated heterocycles. The quantitative estimate of drug-likeness (QED) is 0.377. The zero-order chi connectivity index (χ0) is 21.4. The van der Waals surface area contributed by atoms with Crippen molar-refractivity contribution in [3.8, 4) is 17.2 Å². The molecule has 0 fully saturated rings. The third-order valence-corrected chi connectivity index (χ3v) is 4.33. The fourth-order valence-corrected chi connectivity index (χ4v) is 2.47. The Morgan fingerprint density at radius 3 is 2.62 bits per heavy atom. The number of hydrogen-bond acceptors (Lipinski definition) is 7. The number of nitro groups is 1. The van der Waals surface area contributed by atoms with Gasteiger partial charge in [-0.05, 0) is 36.1 Å². The van der Waals surface area contributed by atoms with Crippen LogP contribution in [0.5, 0.6) is 17.2 Å². The number of rotatable bonds is 9. The summed E-state index contributed by atoms with van der Waals surface area (Å²) in [6, 6.07) is 10.0. The number of nitro benzene ring substituents is 1. The Balaban J connectivity index is 1.93. The van der Waals surface area contributed by atoms with Crippen LogP contribution in [0.15, 0.2) is 41.5 Å². The summed E-state index contributed by atoms with van der Waals surface area (Å²) in [4.78, 5) is 22.1. The monoisotopic (exact) mass is 401 g/mol. The molecule has 2 N–H and O–H groups in total. The summed E-state index contributed by atoms with van der Waals surface area (Å²) in [5.74, 6) is -0.124. The highest BCUT2D eigenvalue weighted by Crippen LogP contribution is 2.36. The Labute approximate surface area is 168 Å². The highest BCUT2D eigenvalue weighted by molar-refractivity contribution is 5.85. The Bertz CT molecular complexity index is 896. The molecule has 0 unspecified atom stereocenters. The van der Waals surface area contributed by atoms with Crippen LogP contribution in [-0.4, -0.2) is 35.9 Å². The van der Waals surface area contributed by atoms with Crippen LogP contribution in [0.2, 0.25) is 0 Å². The molecule has 0 aliphatic rings. The molecule has 9 heteroatoms. The van der Waals surface area contributed by atoms with Crippen LogP contribution in [0.25, 0.3) is 0 Å². The van der Waals surface area contributed by atoms with Crippen molar-refractivity contribution < 1.29 is 24.3 Å². The van der Waals surface area contributed by atoms with Gasteiger partial charge in [0.05, 0.1) is 18.2 Å². The summed E-state index contributed by atoms with van der Waals surface area (Å²) in [6.45, 7) is 4.02. The highest BCUT2D eigenvalue weighted by Gasteiger charge is 2.19. The van der Waals surface area contributed by atoms with Crippen molar-refractivity contribution >= 4 is 17.8 Å². The van der Waals surface area contributed by atoms with Crippen molar-refractivity contribution in [2.75, 3.05) is 13.7 Å². The summed E-state index contributed by atoms with van der Waals surface area (Å²) < 4.78 is 10.3. The predicted molar refractivity (Wildman–Crippen MR) is 108 cm³/mol. The van der Waals surface area contributed by atoms with E-state index in [1.54, 1.807) is 12.1 Å². The van der Waals surface area contributed by atoms with Crippen molar-refractivity contribution in [2.24, 2.45) is 5.10 Å². The van der Waals surface area contributed by atoms with E-state index in [-0.39, 0.29) is 17.9 Å². The average Bonchev–Trinajstić information content (AvgIpc) is 2.72. The lowest BCUT2D eigenvalue weighted by Crippen LogP contribution is -2.24. The van der Waals surface area contributed by atoms with Crippen LogP contribution >= 0.6 is 0 Å². The molecule has 0 saturated carbocycles. The number of carbonyl (C=O) groups excluding carboxylic acids is 1. The number of amides is 1. The number of aromatic hydroxyl groups is 1. The van der Waals surface area contributed by atoms with Crippen molar-refractivity contribution in [3.05, 3.63) is 57.6 Å². The minimum Gasteiger partial charge on any atom is -0.500 e. The third kappa shape index (κ3) is 5.93. The molecule has 0 aliphatic heterocycles. The van der Waals surface area contributed by atoms with Gasteiger partial charge in [-0.2, -0.15) is 5.10 Å². The Morgan fingerprint density at radius 2 is 2.03 bits per heavy atom. The molecule has 0 aliphatic carbocycles. The Kier molecular flexibility index (Phi) is 7.53. The van der Waals surface area contributed by atoms with E-state index in [9.17, 15) is 20.0 Å². The van der Waals surface area contributed by atoms with Crippen LogP contribution in [0.3, 0.4) is 0 Å². The number of nitrogens with zero attached hydrogens (tertiary/aromatic N) is 2. The van der Waals surface area contributed by atoms with E-state index in [4.69, 9.17) is 9.47 Å². The lowest BCUT2D eigenvalue weighted by molar-refractivity contribution is -0.386. The molecule has 29 heavy (non-hydrogen) atoms. The van der Waals surface area contributed by atoms with Crippen LogP contribution in [0.1, 0.15) is 37.3 Å². The predicted octanol–water partition coefficient (Wildman–Crippen LogP) is 3.35. The van der Waals surface area contributed by atoms with Crippen LogP contribution in [0.4, 0.5) is 5.69 Å². The second-order valence-corrected chi connectivity index (χ2v) is 6.31. The smallest absolute Gasteiger partial charge is 0.315 e. The largest absolute Gasteiger partial charge is 0.500 e. The molecule has 2 rings (SSSR count). The zero-order valence-electron chi connectivity index (χ0n) is 16.4. The molecular formula is C20H23N3O6. The van der Waals surface area contributed by atoms with Gasteiger partial charge in [0, 0.05) is 11.6 Å². The van der Waals surface area contributed by atoms with E-state index in [1.165, 1.54) is 25.0 Å². The van der Waals surface area contributed by atoms with Crippen LogP contribution in [-0.2, 0) is 4.79 Å². The summed E-state index contributed by atoms with van der Waals surface area (Å²) in [6.07, 6.45) is 2.24. The van der Waals surface area contributed by atoms with Crippen molar-refractivity contribution in [2.45, 2.75) is 26.2 Å². The second kappa shape index (κ2) is 10.1. The normalized spacial score (nSPS) is 11.8. The Hall–Kier alpha value is -3.62. The first-order valence-corrected chi connectivity index (χ1v) is 8.95. The topological polar surface area (TPSA) is 123 Å². The SMILES string of the molecule is CC[C@H](C)c1ccc(OCC(=O)NN=Cc2cc(OC)c(O)c([N+](=O)[O-])c2)cc1. The lowest BCUT2D eigenvalue weighted by Gasteiger charge is -2.10. The molecule has 0 radical (unpaired) electrons. The second-order valence-electron chi connectivity index (χ2n) is 6.31. The molecule has 0 aromatic heterocycles. The van der Waals surface area contributed by atoms with Gasteiger partial charge in [0.15, 0.2) is 12.4 Å². The minimum atomic E-state index is -0.742. The Morgan fingerprint density at radius 1 is 1.34 bits per heavy atom. The van der Waals surface area contributed by atoms with Gasteiger partial charge in [-0.1, -0.05) is 26.0 Å². The number of methoxy groups -OCH3 is 1. The van der Waals surface area contributed by atoms with Gasteiger partial charge in [-0.15, -0.1) is 0 Å². The van der Waals surface area contributed by atoms with E-state index in [0.29, 0.717) is 11.7 Å². The van der Waals surface area contributed by atoms with Gasteiger partial charge < -0.3 is 14.6 Å². The fourth-order valence-electron chi connectivity index (χ4n) is 2.47. The van der Waals surface area contributed by atoms with Crippen molar-refractivity contribution in [1.82, 2.24) is 5.43 Å². The lowest BCUT2D eigenvalue weighted by atomic mass is 9.99. The molecule has 0 bridgehead atoms. The summed E-state index contributed by atoms with van der Waals surface area (Å²) in [5, 5.41) is 24.5. The maximum atomic E-state index is 11.9. The summed E-state index contributed by atoms with van der Waals surface area (Å²) >= 11 is 0. The van der Waals surface area contributed by atoms with Gasteiger partial charge in [-0.25, -0.2) is 5.43 Å². The molecule has 0 heterocycles. The fraction of sp³-hybridized carbons (Fsp3) is 0.300. The van der Waals surface area contributed by atoms with E-state index in [2.05, 4.69) is 24.4 Å². The third-order valence-electron chi connectivity index (χ3n) is 4.33. The number of carbonyl (C=O) groups is 1. The summed E-state index contributed by atoms with van der Waals surface area (Å²) in [5.41, 5.74) is 3.22. The number of phenolic OH excluding ortho intramolecular Hbond substituents is 1. The van der Waals surface area contributed by atoms with Crippen molar-refractivity contribution in [1.29, 1.82) is 0 Å². The maximum Gasteiger partial charge on any atom is 0.315 e. The van der Waals surface area contributed by atoms with Gasteiger partial charge in [0.25, 0.3) is 5.91 Å². The molecule has 0 spiro atoms. The first-order valence-electron chi connectivity index (χ1n) is 8.95. The standard InChI is InChI=1S/C20H23N3O6/c1-4-13(2)15-5-7-16(8-6-15)29-12-19(24)22-21-11-14-9-17(23(26)27)20(25)18(10-14)28-3/h5-11,13,25H,4,12H2,1-3H3,(H,22,24)/t13-/m0/s1. The minimum absolute atomic E-state index is 0.0730. The van der Waals surface area contributed by atoms with Gasteiger partial charge in [0.2, 0.25) is 5.75 Å². The van der Waals surface area contributed by atoms with Gasteiger partial charge >= 0.3 is 5.69 Å². The van der Waals surface area contributed by atoms with E-state index in [1.807, 2.05) is 12.1 Å². The van der Waals surface area contributed by atoms with Crippen molar-refractivity contribution in [3.63, 3.8) is 0 Å². The number of hydrogen-bond donors (Lipinski definition) is 2. The van der Waals surface area contributed by atoms with Crippen LogP contribution < -0.4 is 14.9 Å². The maximum absolute atomic E-state index is 11.9. The molecule has 2 aromatic carbocycles. The molecule has 9 nitrogen and oxygen atoms in total. The van der Waals surface area contributed by atoms with E-state index < -0.39 is 22.3 Å². The van der Waals surface area contributed by atoms with E-state index in [0.717, 1.165) is 12.5 Å². The number of nitrogens with one attached hydrogen (secondary N) is 1. The molecular weight excluding hydrogens is 378 g/mol. The number of benzene rings is 2. The average molecular weight is 401 g/mol. The van der Waals surface area contributed by atoms with Crippen LogP contribution in [0, 0.1) is 10.1 Å². The summed E-state index contributed by atoms with van der Waals surface area (Å²) in [7, 11) is 1.27. The number of phenols is 1. The highest BCUT2D eigenvalue weighted by atomic mass is 16.6. The zero-order valence-corrected chi connectivity index (χ0v) is 16.4. The van der Waals surface area contributed by atoms with Gasteiger partial charge in [-0.3, -0.25) is 14.9 Å². The first-order chi connectivity index (χ1) is 13.8. The molecule has 1 amide bonds. The molecule has 154 valence electrons. The first kappa shape index (κ1) is 21.7.